The van der Waals surface area contributed by atoms with E-state index in [0.29, 0.717) is 10.5 Å². The van der Waals surface area contributed by atoms with Gasteiger partial charge in [0.25, 0.3) is 4.90 Å². The van der Waals surface area contributed by atoms with E-state index in [4.69, 9.17) is 4.42 Å². The number of benzene rings is 3. The summed E-state index contributed by atoms with van der Waals surface area (Å²) in [5.74, 6) is -0.721. The van der Waals surface area contributed by atoms with Crippen LogP contribution in [0.4, 0.5) is 14.5 Å². The summed E-state index contributed by atoms with van der Waals surface area (Å²) in [6, 6.07) is 19.7. The Labute approximate surface area is 182 Å². The monoisotopic (exact) mass is 438 g/mol. The van der Waals surface area contributed by atoms with E-state index in [1.807, 2.05) is 24.3 Å². The maximum Gasteiger partial charge on any atom is 0.393 e. The summed E-state index contributed by atoms with van der Waals surface area (Å²) in [6.45, 7) is 5.85. The van der Waals surface area contributed by atoms with Crippen molar-refractivity contribution in [3.8, 4) is 0 Å². The molecular formula is C25H22F2NO2S+. The number of nitrogens with zero attached hydrogens (tertiary/aromatic N) is 1. The second-order valence-electron chi connectivity index (χ2n) is 7.01. The minimum absolute atomic E-state index is 0.360. The fourth-order valence-electron chi connectivity index (χ4n) is 3.54. The molecule has 6 heteroatoms. The molecule has 158 valence electrons. The van der Waals surface area contributed by atoms with Crippen LogP contribution in [0.2, 0.25) is 0 Å². The lowest BCUT2D eigenvalue weighted by atomic mass is 10.2. The van der Waals surface area contributed by atoms with Crippen LogP contribution in [0.1, 0.15) is 13.8 Å². The number of halogens is 2. The van der Waals surface area contributed by atoms with Crippen LogP contribution in [0.15, 0.2) is 96.7 Å². The summed E-state index contributed by atoms with van der Waals surface area (Å²) in [5, 5.41) is 0.798. The van der Waals surface area contributed by atoms with Gasteiger partial charge in [-0.05, 0) is 74.5 Å². The topological polar surface area (TPSA) is 33.5 Å². The fourth-order valence-corrected chi connectivity index (χ4v) is 5.59. The van der Waals surface area contributed by atoms with Gasteiger partial charge in [-0.15, -0.1) is 0 Å². The van der Waals surface area contributed by atoms with Crippen LogP contribution >= 0.6 is 0 Å². The van der Waals surface area contributed by atoms with Gasteiger partial charge >= 0.3 is 5.63 Å². The summed E-state index contributed by atoms with van der Waals surface area (Å²) in [5.41, 5.74) is 1.05. The predicted octanol–water partition coefficient (Wildman–Crippen LogP) is 6.01. The molecule has 0 fully saturated rings. The van der Waals surface area contributed by atoms with Crippen LogP contribution in [-0.2, 0) is 10.9 Å². The molecule has 4 aromatic rings. The van der Waals surface area contributed by atoms with E-state index in [1.54, 1.807) is 24.3 Å². The zero-order valence-electron chi connectivity index (χ0n) is 17.3. The molecule has 1 heterocycles. The standard InChI is InChI=1S/C25H22F2NO2S/c1-3-28(4-2)20-10-5-17-15-24(25(29)30-23(17)16-20)31(21-11-6-18(26)7-12-21)22-13-8-19(27)9-14-22/h5-16H,3-4H2,1-2H3/q+1. The molecule has 0 unspecified atom stereocenters. The Morgan fingerprint density at radius 2 is 1.35 bits per heavy atom. The molecule has 0 saturated carbocycles. The molecule has 0 aliphatic rings. The van der Waals surface area contributed by atoms with Crippen molar-refractivity contribution >= 4 is 27.6 Å². The number of anilines is 1. The predicted molar refractivity (Wildman–Crippen MR) is 121 cm³/mol. The molecule has 0 spiro atoms. The van der Waals surface area contributed by atoms with Gasteiger partial charge in [0.05, 0.1) is 0 Å². The molecule has 0 aliphatic carbocycles. The van der Waals surface area contributed by atoms with Crippen molar-refractivity contribution in [3.63, 3.8) is 0 Å². The number of fused-ring (bicyclic) bond motifs is 1. The van der Waals surface area contributed by atoms with E-state index in [1.165, 1.54) is 24.3 Å². The first-order valence-corrected chi connectivity index (χ1v) is 11.3. The number of hydrogen-bond donors (Lipinski definition) is 0. The van der Waals surface area contributed by atoms with E-state index < -0.39 is 16.5 Å². The normalized spacial score (nSPS) is 11.3. The Kier molecular flexibility index (Phi) is 6.09. The first-order chi connectivity index (χ1) is 15.0. The highest BCUT2D eigenvalue weighted by atomic mass is 32.2. The molecule has 0 atom stereocenters. The second kappa shape index (κ2) is 8.94. The Balaban J connectivity index is 1.87. The molecule has 3 aromatic carbocycles. The van der Waals surface area contributed by atoms with Gasteiger partial charge in [0.1, 0.15) is 28.1 Å². The third-order valence-electron chi connectivity index (χ3n) is 5.13. The lowest BCUT2D eigenvalue weighted by Crippen LogP contribution is -2.21. The maximum absolute atomic E-state index is 13.5. The van der Waals surface area contributed by atoms with Gasteiger partial charge in [-0.1, -0.05) is 0 Å². The van der Waals surface area contributed by atoms with E-state index in [2.05, 4.69) is 18.7 Å². The highest BCUT2D eigenvalue weighted by Gasteiger charge is 2.33. The lowest BCUT2D eigenvalue weighted by Gasteiger charge is -2.20. The summed E-state index contributed by atoms with van der Waals surface area (Å²) >= 11 is 0. The summed E-state index contributed by atoms with van der Waals surface area (Å²) in [7, 11) is -0.866. The van der Waals surface area contributed by atoms with Gasteiger partial charge in [0.2, 0.25) is 0 Å². The van der Waals surface area contributed by atoms with Crippen LogP contribution in [-0.4, -0.2) is 13.1 Å². The second-order valence-corrected chi connectivity index (χ2v) is 9.00. The van der Waals surface area contributed by atoms with Crippen LogP contribution in [0.3, 0.4) is 0 Å². The van der Waals surface area contributed by atoms with Crippen molar-refractivity contribution in [2.45, 2.75) is 28.5 Å². The fraction of sp³-hybridized carbons (Fsp3) is 0.160. The first kappa shape index (κ1) is 21.1. The van der Waals surface area contributed by atoms with E-state index in [-0.39, 0.29) is 11.6 Å². The zero-order chi connectivity index (χ0) is 22.0. The maximum atomic E-state index is 13.5. The number of hydrogen-bond acceptors (Lipinski definition) is 3. The molecule has 0 amide bonds. The van der Waals surface area contributed by atoms with Crippen molar-refractivity contribution in [2.24, 2.45) is 0 Å². The minimum Gasteiger partial charge on any atom is -0.419 e. The third kappa shape index (κ3) is 4.35. The summed E-state index contributed by atoms with van der Waals surface area (Å²) in [4.78, 5) is 17.2. The number of rotatable bonds is 6. The Morgan fingerprint density at radius 1 is 0.806 bits per heavy atom. The molecular weight excluding hydrogens is 416 g/mol. The Morgan fingerprint density at radius 3 is 1.87 bits per heavy atom. The molecule has 0 N–H and O–H groups in total. The van der Waals surface area contributed by atoms with Gasteiger partial charge in [0, 0.05) is 36.3 Å². The quantitative estimate of drug-likeness (QED) is 0.273. The van der Waals surface area contributed by atoms with E-state index >= 15 is 0 Å². The molecule has 1 aromatic heterocycles. The van der Waals surface area contributed by atoms with Crippen LogP contribution in [0, 0.1) is 11.6 Å². The highest BCUT2D eigenvalue weighted by molar-refractivity contribution is 7.97. The smallest absolute Gasteiger partial charge is 0.393 e. The van der Waals surface area contributed by atoms with Crippen LogP contribution in [0.5, 0.6) is 0 Å². The SMILES string of the molecule is CCN(CC)c1ccc2cc([S+](c3ccc(F)cc3)c3ccc(F)cc3)c(=O)oc2c1. The van der Waals surface area contributed by atoms with Gasteiger partial charge in [-0.2, -0.15) is 0 Å². The van der Waals surface area contributed by atoms with Crippen LogP contribution < -0.4 is 10.5 Å². The van der Waals surface area contributed by atoms with Gasteiger partial charge < -0.3 is 9.32 Å². The first-order valence-electron chi connectivity index (χ1n) is 10.1. The van der Waals surface area contributed by atoms with Crippen molar-refractivity contribution in [1.82, 2.24) is 0 Å². The zero-order valence-corrected chi connectivity index (χ0v) is 18.1. The molecule has 31 heavy (non-hydrogen) atoms. The highest BCUT2D eigenvalue weighted by Crippen LogP contribution is 2.32. The molecule has 0 saturated heterocycles. The van der Waals surface area contributed by atoms with Crippen molar-refractivity contribution in [2.75, 3.05) is 18.0 Å². The minimum atomic E-state index is -0.866. The molecule has 0 aliphatic heterocycles. The Hall–Kier alpha value is -3.12. The molecule has 0 bridgehead atoms. The van der Waals surface area contributed by atoms with Crippen LogP contribution in [0.25, 0.3) is 11.0 Å². The lowest BCUT2D eigenvalue weighted by molar-refractivity contribution is 0.543. The molecule has 0 radical (unpaired) electrons. The van der Waals surface area contributed by atoms with E-state index in [9.17, 15) is 13.6 Å². The van der Waals surface area contributed by atoms with Crippen molar-refractivity contribution in [3.05, 3.63) is 94.9 Å². The van der Waals surface area contributed by atoms with Crippen molar-refractivity contribution in [1.29, 1.82) is 0 Å². The van der Waals surface area contributed by atoms with Gasteiger partial charge in [-0.3, -0.25) is 0 Å². The molecule has 3 nitrogen and oxygen atoms in total. The average molecular weight is 439 g/mol. The third-order valence-corrected chi connectivity index (χ3v) is 7.35. The summed E-state index contributed by atoms with van der Waals surface area (Å²) in [6.07, 6.45) is 0. The summed E-state index contributed by atoms with van der Waals surface area (Å²) < 4.78 is 32.8. The van der Waals surface area contributed by atoms with Crippen molar-refractivity contribution < 1.29 is 13.2 Å². The average Bonchev–Trinajstić information content (AvgIpc) is 2.77. The molecule has 4 rings (SSSR count). The van der Waals surface area contributed by atoms with Gasteiger partial charge in [0.15, 0.2) is 9.79 Å². The van der Waals surface area contributed by atoms with E-state index in [0.717, 1.165) is 34.0 Å². The largest absolute Gasteiger partial charge is 0.419 e. The Bertz CT molecular complexity index is 1200. The van der Waals surface area contributed by atoms with Gasteiger partial charge in [-0.25, -0.2) is 13.6 Å².